The van der Waals surface area contributed by atoms with Gasteiger partial charge in [-0.1, -0.05) is 158 Å². The van der Waals surface area contributed by atoms with Crippen LogP contribution in [-0.4, -0.2) is 42.4 Å². The molecule has 102 heavy (non-hydrogen) atoms. The lowest BCUT2D eigenvalue weighted by atomic mass is 9.92. The molecule has 0 spiro atoms. The lowest BCUT2D eigenvalue weighted by Gasteiger charge is -2.17. The third-order valence-electron chi connectivity index (χ3n) is 21.4. The molecule has 0 fully saturated rings. The van der Waals surface area contributed by atoms with Crippen LogP contribution < -0.4 is 0 Å². The Hall–Kier alpha value is -13.9. The molecule has 0 atom stereocenters. The third-order valence-corrected chi connectivity index (χ3v) is 21.4. The molecular weight excluding hydrogens is 1240 g/mol. The van der Waals surface area contributed by atoms with Crippen molar-refractivity contribution in [2.45, 2.75) is 0 Å². The Kier molecular flexibility index (Phi) is 12.0. The van der Waals surface area contributed by atoms with Gasteiger partial charge >= 0.3 is 0 Å². The Morgan fingerprint density at radius 2 is 0.422 bits per heavy atom. The van der Waals surface area contributed by atoms with Crippen molar-refractivity contribution in [3.05, 3.63) is 346 Å². The van der Waals surface area contributed by atoms with Gasteiger partial charge in [0.2, 0.25) is 0 Å². The Labute approximate surface area is 583 Å². The van der Waals surface area contributed by atoms with E-state index in [1.807, 2.05) is 24.8 Å². The van der Waals surface area contributed by atoms with Crippen LogP contribution >= 0.6 is 0 Å². The first-order valence-electron chi connectivity index (χ1n) is 34.7. The fourth-order valence-corrected chi connectivity index (χ4v) is 17.0. The topological polar surface area (TPSA) is 68.2 Å². The summed E-state index contributed by atoms with van der Waals surface area (Å²) in [5.41, 5.74) is 24.0. The summed E-state index contributed by atoms with van der Waals surface area (Å²) in [6.07, 6.45) is 7.50. The maximum atomic E-state index is 6.10. The van der Waals surface area contributed by atoms with Crippen LogP contribution in [0.4, 0.5) is 0 Å². The molecule has 0 bridgehead atoms. The van der Waals surface area contributed by atoms with Crippen LogP contribution in [-0.2, 0) is 0 Å². The molecular formula is C93H57N9. The second-order valence-electron chi connectivity index (χ2n) is 26.8. The van der Waals surface area contributed by atoms with Crippen molar-refractivity contribution < 1.29 is 0 Å². The van der Waals surface area contributed by atoms with Crippen molar-refractivity contribution in [1.29, 1.82) is 0 Å². The van der Waals surface area contributed by atoms with Crippen molar-refractivity contribution in [1.82, 2.24) is 42.4 Å². The fourth-order valence-electron chi connectivity index (χ4n) is 17.0. The number of aromatic nitrogens is 9. The van der Waals surface area contributed by atoms with E-state index < -0.39 is 0 Å². The number of fused-ring (bicyclic) bond motifs is 18. The Balaban J connectivity index is 0.844. The predicted molar refractivity (Wildman–Crippen MR) is 422 cm³/mol. The molecule has 0 saturated heterocycles. The summed E-state index contributed by atoms with van der Waals surface area (Å²) >= 11 is 0. The molecule has 0 amide bonds. The van der Waals surface area contributed by atoms with Crippen molar-refractivity contribution >= 4 is 131 Å². The molecule has 474 valence electrons. The van der Waals surface area contributed by atoms with Crippen LogP contribution in [0, 0.1) is 0 Å². The van der Waals surface area contributed by atoms with E-state index in [0.717, 1.165) is 156 Å². The molecule has 0 radical (unpaired) electrons. The van der Waals surface area contributed by atoms with E-state index in [1.165, 1.54) is 43.1 Å². The minimum Gasteiger partial charge on any atom is -0.309 e. The van der Waals surface area contributed by atoms with Gasteiger partial charge < -0.3 is 18.3 Å². The second kappa shape index (κ2) is 21.8. The summed E-state index contributed by atoms with van der Waals surface area (Å²) in [5, 5.41) is 14.2. The smallest absolute Gasteiger partial charge is 0.140 e. The first-order chi connectivity index (χ1) is 50.6. The summed E-state index contributed by atoms with van der Waals surface area (Å²) in [6, 6.07) is 118. The molecule has 0 saturated carbocycles. The van der Waals surface area contributed by atoms with Gasteiger partial charge in [-0.05, 0) is 197 Å². The average molecular weight is 1300 g/mol. The standard InChI is InChI=1S/C93H57N9/c1-9-25-80-67(17-1)68-18-2-10-26-81(68)97(80)62-34-39-88-76(54-62)77-55-63(98-82-27-11-3-19-69(82)70-20-4-12-28-83(70)98)35-40-89(77)101(88)92-52-61(60-33-38-66(58-43-47-94-48-44-58)75(51-60)59-45-49-95-50-46-59)53-93(96-92)102-90-41-36-64(99-84-29-13-5-21-71(84)72-22-6-14-30-85(72)99)56-78(90)79-57-65(37-42-91(79)102)100-86-31-15-7-23-73(86)74-24-8-16-32-87(74)100/h1-57H. The summed E-state index contributed by atoms with van der Waals surface area (Å²) in [7, 11) is 0. The van der Waals surface area contributed by atoms with Crippen LogP contribution in [0.3, 0.4) is 0 Å². The summed E-state index contributed by atoms with van der Waals surface area (Å²) < 4.78 is 14.5. The number of benzene rings is 13. The molecule has 13 aromatic carbocycles. The minimum absolute atomic E-state index is 0.777. The number of hydrogen-bond donors (Lipinski definition) is 0. The number of hydrogen-bond acceptors (Lipinski definition) is 3. The van der Waals surface area contributed by atoms with E-state index in [-0.39, 0.29) is 0 Å². The second-order valence-corrected chi connectivity index (χ2v) is 26.8. The van der Waals surface area contributed by atoms with E-state index >= 15 is 0 Å². The summed E-state index contributed by atoms with van der Waals surface area (Å²) in [4.78, 5) is 15.0. The first kappa shape index (κ1) is 56.2. The first-order valence-corrected chi connectivity index (χ1v) is 34.7. The molecule has 0 aliphatic rings. The Bertz CT molecular complexity index is 6340. The largest absolute Gasteiger partial charge is 0.309 e. The van der Waals surface area contributed by atoms with Crippen molar-refractivity contribution in [3.8, 4) is 67.8 Å². The number of nitrogens with zero attached hydrogens (tertiary/aromatic N) is 9. The van der Waals surface area contributed by atoms with E-state index in [9.17, 15) is 0 Å². The minimum atomic E-state index is 0.777. The van der Waals surface area contributed by atoms with E-state index in [1.54, 1.807) is 0 Å². The highest BCUT2D eigenvalue weighted by Gasteiger charge is 2.25. The zero-order valence-electron chi connectivity index (χ0n) is 54.9. The van der Waals surface area contributed by atoms with Crippen LogP contribution in [0.2, 0.25) is 0 Å². The van der Waals surface area contributed by atoms with E-state index in [4.69, 9.17) is 4.98 Å². The van der Waals surface area contributed by atoms with Gasteiger partial charge in [0.05, 0.1) is 66.2 Å². The average Bonchev–Trinajstić information content (AvgIpc) is 1.56. The highest BCUT2D eigenvalue weighted by molar-refractivity contribution is 6.17. The SMILES string of the molecule is c1ccc2c(c1)c1ccccc1n2-c1ccc2c(c1)c1cc(-n3c4ccccc4c4ccccc43)ccc1n2-c1cc(-c2ccc(-c3ccncc3)c(-c3ccncc3)c2)cc(-n2c3ccc(-n4c5ccccc5c5ccccc54)cc3c3cc(-n4c5ccccc5c5ccccc54)ccc32)n1. The quantitative estimate of drug-likeness (QED) is 0.145. The fraction of sp³-hybridized carbons (Fsp3) is 0. The van der Waals surface area contributed by atoms with Gasteiger partial charge in [-0.15, -0.1) is 0 Å². The Morgan fingerprint density at radius 3 is 0.706 bits per heavy atom. The third kappa shape index (κ3) is 8.24. The molecule has 9 heterocycles. The molecule has 0 aliphatic carbocycles. The monoisotopic (exact) mass is 1300 g/mol. The van der Waals surface area contributed by atoms with Gasteiger partial charge in [0, 0.05) is 112 Å². The van der Waals surface area contributed by atoms with Gasteiger partial charge in [0.15, 0.2) is 0 Å². The maximum absolute atomic E-state index is 6.10. The van der Waals surface area contributed by atoms with Gasteiger partial charge in [-0.2, -0.15) is 0 Å². The maximum Gasteiger partial charge on any atom is 0.140 e. The van der Waals surface area contributed by atoms with Crippen molar-refractivity contribution in [2.24, 2.45) is 0 Å². The normalized spacial score (nSPS) is 12.1. The van der Waals surface area contributed by atoms with E-state index in [0.29, 0.717) is 0 Å². The Morgan fingerprint density at radius 1 is 0.167 bits per heavy atom. The van der Waals surface area contributed by atoms with Crippen molar-refractivity contribution in [2.75, 3.05) is 0 Å². The van der Waals surface area contributed by atoms with Crippen LogP contribution in [0.15, 0.2) is 346 Å². The molecule has 22 rings (SSSR count). The molecule has 9 aromatic heterocycles. The highest BCUT2D eigenvalue weighted by atomic mass is 15.1. The molecule has 9 heteroatoms. The molecule has 22 aromatic rings. The van der Waals surface area contributed by atoms with E-state index in [2.05, 4.69) is 359 Å². The van der Waals surface area contributed by atoms with Crippen LogP contribution in [0.5, 0.6) is 0 Å². The number of para-hydroxylation sites is 8. The zero-order chi connectivity index (χ0) is 66.7. The molecule has 0 aliphatic heterocycles. The number of pyridine rings is 3. The zero-order valence-corrected chi connectivity index (χ0v) is 54.9. The predicted octanol–water partition coefficient (Wildman–Crippen LogP) is 23.5. The highest BCUT2D eigenvalue weighted by Crippen LogP contribution is 2.45. The molecule has 0 N–H and O–H groups in total. The lowest BCUT2D eigenvalue weighted by molar-refractivity contribution is 1.01. The lowest BCUT2D eigenvalue weighted by Crippen LogP contribution is -2.05. The van der Waals surface area contributed by atoms with Crippen LogP contribution in [0.1, 0.15) is 0 Å². The van der Waals surface area contributed by atoms with Gasteiger partial charge in [-0.3, -0.25) is 19.1 Å². The van der Waals surface area contributed by atoms with Gasteiger partial charge in [0.1, 0.15) is 11.6 Å². The van der Waals surface area contributed by atoms with Crippen molar-refractivity contribution in [3.63, 3.8) is 0 Å². The van der Waals surface area contributed by atoms with Crippen LogP contribution in [0.25, 0.3) is 199 Å². The van der Waals surface area contributed by atoms with Gasteiger partial charge in [-0.25, -0.2) is 4.98 Å². The van der Waals surface area contributed by atoms with Gasteiger partial charge in [0.25, 0.3) is 0 Å². The summed E-state index contributed by atoms with van der Waals surface area (Å²) in [5.74, 6) is 1.55. The number of rotatable bonds is 9. The summed E-state index contributed by atoms with van der Waals surface area (Å²) in [6.45, 7) is 0. The molecule has 9 nitrogen and oxygen atoms in total. The molecule has 0 unspecified atom stereocenters.